The molecule has 0 bridgehead atoms. The summed E-state index contributed by atoms with van der Waals surface area (Å²) in [4.78, 5) is 12.2. The molecule has 0 fully saturated rings. The molecule has 0 saturated heterocycles. The van der Waals surface area contributed by atoms with E-state index in [9.17, 15) is 4.79 Å². The van der Waals surface area contributed by atoms with Crippen LogP contribution in [0.2, 0.25) is 10.0 Å². The highest BCUT2D eigenvalue weighted by Gasteiger charge is 2.11. The molecule has 0 spiro atoms. The number of aryl methyl sites for hydroxylation is 2. The monoisotopic (exact) mass is 352 g/mol. The molecule has 0 aliphatic carbocycles. The molecule has 0 aliphatic heterocycles. The predicted molar refractivity (Wildman–Crippen MR) is 96.1 cm³/mol. The molecule has 0 aliphatic rings. The SMILES string of the molecule is Cc1ccc(C(=O)NC(=S)Nc2cc(Cl)cc(Cl)c2)c(C)c1. The average molecular weight is 353 g/mol. The first-order valence-electron chi connectivity index (χ1n) is 6.51. The van der Waals surface area contributed by atoms with Gasteiger partial charge in [0.05, 0.1) is 0 Å². The van der Waals surface area contributed by atoms with Crippen LogP contribution in [0, 0.1) is 13.8 Å². The lowest BCUT2D eigenvalue weighted by atomic mass is 10.1. The van der Waals surface area contributed by atoms with Crippen molar-refractivity contribution in [2.45, 2.75) is 13.8 Å². The van der Waals surface area contributed by atoms with Crippen LogP contribution in [0.5, 0.6) is 0 Å². The molecule has 3 nitrogen and oxygen atoms in total. The van der Waals surface area contributed by atoms with E-state index in [1.54, 1.807) is 24.3 Å². The van der Waals surface area contributed by atoms with Crippen molar-refractivity contribution in [2.75, 3.05) is 5.32 Å². The van der Waals surface area contributed by atoms with Gasteiger partial charge in [0.1, 0.15) is 0 Å². The summed E-state index contributed by atoms with van der Waals surface area (Å²) in [6.45, 7) is 3.86. The minimum Gasteiger partial charge on any atom is -0.332 e. The Morgan fingerprint density at radius 3 is 2.27 bits per heavy atom. The number of thiocarbonyl (C=S) groups is 1. The van der Waals surface area contributed by atoms with Crippen molar-refractivity contribution < 1.29 is 4.79 Å². The molecule has 1 amide bonds. The maximum atomic E-state index is 12.2. The topological polar surface area (TPSA) is 41.1 Å². The highest BCUT2D eigenvalue weighted by atomic mass is 35.5. The minimum absolute atomic E-state index is 0.184. The summed E-state index contributed by atoms with van der Waals surface area (Å²) in [7, 11) is 0. The highest BCUT2D eigenvalue weighted by Crippen LogP contribution is 2.22. The van der Waals surface area contributed by atoms with Gasteiger partial charge in [-0.3, -0.25) is 10.1 Å². The molecule has 0 saturated carbocycles. The zero-order valence-corrected chi connectivity index (χ0v) is 14.4. The highest BCUT2D eigenvalue weighted by molar-refractivity contribution is 7.80. The molecule has 2 N–H and O–H groups in total. The third-order valence-electron chi connectivity index (χ3n) is 2.97. The number of hydrogen-bond acceptors (Lipinski definition) is 2. The number of benzene rings is 2. The van der Waals surface area contributed by atoms with Crippen molar-refractivity contribution in [3.05, 3.63) is 63.1 Å². The fourth-order valence-electron chi connectivity index (χ4n) is 2.03. The van der Waals surface area contributed by atoms with Gasteiger partial charge in [-0.25, -0.2) is 0 Å². The van der Waals surface area contributed by atoms with Crippen molar-refractivity contribution in [3.63, 3.8) is 0 Å². The van der Waals surface area contributed by atoms with Gasteiger partial charge in [-0.1, -0.05) is 40.9 Å². The number of hydrogen-bond donors (Lipinski definition) is 2. The van der Waals surface area contributed by atoms with Crippen LogP contribution in [0.3, 0.4) is 0 Å². The smallest absolute Gasteiger partial charge is 0.257 e. The second kappa shape index (κ2) is 7.09. The second-order valence-corrected chi connectivity index (χ2v) is 6.17. The average Bonchev–Trinajstić information content (AvgIpc) is 2.36. The van der Waals surface area contributed by atoms with E-state index in [4.69, 9.17) is 35.4 Å². The van der Waals surface area contributed by atoms with Gasteiger partial charge in [-0.2, -0.15) is 0 Å². The Morgan fingerprint density at radius 2 is 1.68 bits per heavy atom. The summed E-state index contributed by atoms with van der Waals surface area (Å²) >= 11 is 17.0. The molecule has 2 rings (SSSR count). The van der Waals surface area contributed by atoms with E-state index < -0.39 is 0 Å². The number of rotatable bonds is 2. The summed E-state index contributed by atoms with van der Waals surface area (Å²) < 4.78 is 0. The van der Waals surface area contributed by atoms with Gasteiger partial charge in [-0.05, 0) is 55.9 Å². The van der Waals surface area contributed by atoms with E-state index in [2.05, 4.69) is 10.6 Å². The maximum absolute atomic E-state index is 12.2. The van der Waals surface area contributed by atoms with E-state index in [1.165, 1.54) is 0 Å². The van der Waals surface area contributed by atoms with Crippen molar-refractivity contribution >= 4 is 52.1 Å². The van der Waals surface area contributed by atoms with Crippen LogP contribution in [0.4, 0.5) is 5.69 Å². The van der Waals surface area contributed by atoms with E-state index in [1.807, 2.05) is 26.0 Å². The minimum atomic E-state index is -0.261. The standard InChI is InChI=1S/C16H14Cl2N2OS/c1-9-3-4-14(10(2)5-9)15(21)20-16(22)19-13-7-11(17)6-12(18)8-13/h3-8H,1-2H3,(H2,19,20,21,22). The molecule has 22 heavy (non-hydrogen) atoms. The summed E-state index contributed by atoms with van der Waals surface area (Å²) in [5.41, 5.74) is 3.19. The fourth-order valence-corrected chi connectivity index (χ4v) is 2.76. The lowest BCUT2D eigenvalue weighted by Gasteiger charge is -2.11. The van der Waals surface area contributed by atoms with Crippen molar-refractivity contribution in [1.29, 1.82) is 0 Å². The Balaban J connectivity index is 2.06. The van der Waals surface area contributed by atoms with E-state index in [0.717, 1.165) is 11.1 Å². The molecule has 114 valence electrons. The van der Waals surface area contributed by atoms with Crippen molar-refractivity contribution in [1.82, 2.24) is 5.32 Å². The Bertz CT molecular complexity index is 727. The molecule has 0 radical (unpaired) electrons. The zero-order valence-electron chi connectivity index (χ0n) is 12.0. The Hall–Kier alpha value is -1.62. The summed E-state index contributed by atoms with van der Waals surface area (Å²) in [5, 5.41) is 6.68. The van der Waals surface area contributed by atoms with Crippen molar-refractivity contribution in [2.24, 2.45) is 0 Å². The molecular formula is C16H14Cl2N2OS. The first kappa shape index (κ1) is 16.7. The molecule has 0 unspecified atom stereocenters. The summed E-state index contributed by atoms with van der Waals surface area (Å²) in [5.74, 6) is -0.261. The number of amides is 1. The largest absolute Gasteiger partial charge is 0.332 e. The van der Waals surface area contributed by atoms with Gasteiger partial charge in [0.2, 0.25) is 0 Å². The third-order valence-corrected chi connectivity index (χ3v) is 3.61. The number of anilines is 1. The van der Waals surface area contributed by atoms with Crippen LogP contribution >= 0.6 is 35.4 Å². The maximum Gasteiger partial charge on any atom is 0.257 e. The zero-order chi connectivity index (χ0) is 16.3. The molecule has 0 heterocycles. The number of carbonyl (C=O) groups is 1. The first-order chi connectivity index (χ1) is 10.3. The predicted octanol–water partition coefficient (Wildman–Crippen LogP) is 4.74. The van der Waals surface area contributed by atoms with Crippen LogP contribution in [0.15, 0.2) is 36.4 Å². The van der Waals surface area contributed by atoms with Gasteiger partial charge in [-0.15, -0.1) is 0 Å². The van der Waals surface area contributed by atoms with Gasteiger partial charge < -0.3 is 5.32 Å². The normalized spacial score (nSPS) is 10.2. The van der Waals surface area contributed by atoms with Gasteiger partial charge in [0.25, 0.3) is 5.91 Å². The van der Waals surface area contributed by atoms with Crippen LogP contribution in [-0.4, -0.2) is 11.0 Å². The second-order valence-electron chi connectivity index (χ2n) is 4.88. The molecule has 0 atom stereocenters. The fraction of sp³-hybridized carbons (Fsp3) is 0.125. The first-order valence-corrected chi connectivity index (χ1v) is 7.67. The van der Waals surface area contributed by atoms with Crippen LogP contribution in [0.25, 0.3) is 0 Å². The number of nitrogens with one attached hydrogen (secondary N) is 2. The van der Waals surface area contributed by atoms with Gasteiger partial charge >= 0.3 is 0 Å². The molecule has 2 aromatic rings. The van der Waals surface area contributed by atoms with E-state index in [0.29, 0.717) is 21.3 Å². The summed E-state index contributed by atoms with van der Waals surface area (Å²) in [6.07, 6.45) is 0. The van der Waals surface area contributed by atoms with Crippen LogP contribution in [0.1, 0.15) is 21.5 Å². The Morgan fingerprint density at radius 1 is 1.05 bits per heavy atom. The van der Waals surface area contributed by atoms with E-state index >= 15 is 0 Å². The van der Waals surface area contributed by atoms with Gasteiger partial charge in [0.15, 0.2) is 5.11 Å². The van der Waals surface area contributed by atoms with Crippen LogP contribution < -0.4 is 10.6 Å². The summed E-state index contributed by atoms with van der Waals surface area (Å²) in [6, 6.07) is 10.6. The Kier molecular flexibility index (Phi) is 5.40. The van der Waals surface area contributed by atoms with E-state index in [-0.39, 0.29) is 11.0 Å². The number of halogens is 2. The number of carbonyl (C=O) groups excluding carboxylic acids is 1. The van der Waals surface area contributed by atoms with Gasteiger partial charge in [0, 0.05) is 21.3 Å². The lowest BCUT2D eigenvalue weighted by molar-refractivity contribution is 0.0977. The molecule has 0 aromatic heterocycles. The third kappa shape index (κ3) is 4.44. The molecule has 2 aromatic carbocycles. The van der Waals surface area contributed by atoms with Crippen LogP contribution in [-0.2, 0) is 0 Å². The lowest BCUT2D eigenvalue weighted by Crippen LogP contribution is -2.34. The molecular weight excluding hydrogens is 339 g/mol. The quantitative estimate of drug-likeness (QED) is 0.767. The Labute approximate surface area is 144 Å². The molecule has 6 heteroatoms. The van der Waals surface area contributed by atoms with Crippen molar-refractivity contribution in [3.8, 4) is 0 Å².